The van der Waals surface area contributed by atoms with Crippen molar-refractivity contribution in [1.29, 1.82) is 0 Å². The van der Waals surface area contributed by atoms with Crippen LogP contribution < -0.4 is 14.8 Å². The summed E-state index contributed by atoms with van der Waals surface area (Å²) in [6, 6.07) is 16.4. The predicted molar refractivity (Wildman–Crippen MR) is 110 cm³/mol. The minimum absolute atomic E-state index is 0.251. The van der Waals surface area contributed by atoms with Crippen LogP contribution in [0.25, 0.3) is 0 Å². The highest BCUT2D eigenvalue weighted by molar-refractivity contribution is 5.47. The van der Waals surface area contributed by atoms with Crippen molar-refractivity contribution in [3.63, 3.8) is 0 Å². The molecule has 0 aromatic heterocycles. The summed E-state index contributed by atoms with van der Waals surface area (Å²) in [4.78, 5) is 0. The van der Waals surface area contributed by atoms with E-state index < -0.39 is 0 Å². The van der Waals surface area contributed by atoms with Crippen LogP contribution in [-0.4, -0.2) is 25.9 Å². The lowest BCUT2D eigenvalue weighted by Crippen LogP contribution is -2.16. The molecule has 4 heteroatoms. The van der Waals surface area contributed by atoms with Crippen LogP contribution in [-0.2, 0) is 11.3 Å². The number of nitrogens with one attached hydrogen (secondary N) is 1. The number of benzene rings is 2. The number of hydrogen-bond donors (Lipinski definition) is 1. The number of hydrogen-bond acceptors (Lipinski definition) is 4. The van der Waals surface area contributed by atoms with Crippen molar-refractivity contribution in [1.82, 2.24) is 0 Å². The Morgan fingerprint density at radius 3 is 2.41 bits per heavy atom. The number of rotatable bonds is 11. The van der Waals surface area contributed by atoms with Crippen molar-refractivity contribution >= 4 is 5.69 Å². The van der Waals surface area contributed by atoms with Crippen LogP contribution in [0.5, 0.6) is 11.5 Å². The zero-order valence-electron chi connectivity index (χ0n) is 16.3. The van der Waals surface area contributed by atoms with Gasteiger partial charge in [-0.1, -0.05) is 31.9 Å². The van der Waals surface area contributed by atoms with Crippen molar-refractivity contribution < 1.29 is 14.2 Å². The maximum absolute atomic E-state index is 5.80. The van der Waals surface area contributed by atoms with Crippen molar-refractivity contribution in [3.05, 3.63) is 54.1 Å². The molecule has 1 fully saturated rings. The van der Waals surface area contributed by atoms with Crippen LogP contribution in [0.15, 0.2) is 48.5 Å². The Morgan fingerprint density at radius 1 is 0.963 bits per heavy atom. The van der Waals surface area contributed by atoms with Crippen LogP contribution in [0.3, 0.4) is 0 Å². The topological polar surface area (TPSA) is 39.7 Å². The molecule has 0 saturated carbocycles. The molecule has 3 rings (SSSR count). The van der Waals surface area contributed by atoms with Crippen molar-refractivity contribution in [2.75, 3.05) is 25.1 Å². The second-order valence-electron chi connectivity index (χ2n) is 7.02. The van der Waals surface area contributed by atoms with Gasteiger partial charge in [0, 0.05) is 18.8 Å². The predicted octanol–water partition coefficient (Wildman–Crippen LogP) is 5.43. The van der Waals surface area contributed by atoms with Gasteiger partial charge in [0.25, 0.3) is 0 Å². The first-order chi connectivity index (χ1) is 13.3. The normalized spacial score (nSPS) is 16.3. The molecule has 1 aliphatic heterocycles. The molecule has 146 valence electrons. The summed E-state index contributed by atoms with van der Waals surface area (Å²) >= 11 is 0. The number of ether oxygens (including phenoxy) is 3. The van der Waals surface area contributed by atoms with E-state index in [1.807, 2.05) is 24.3 Å². The van der Waals surface area contributed by atoms with E-state index in [4.69, 9.17) is 14.2 Å². The summed E-state index contributed by atoms with van der Waals surface area (Å²) in [6.07, 6.45) is 6.05. The van der Waals surface area contributed by atoms with E-state index in [2.05, 4.69) is 36.5 Å². The Hall–Kier alpha value is -2.20. The van der Waals surface area contributed by atoms with Gasteiger partial charge >= 0.3 is 0 Å². The molecule has 1 atom stereocenters. The summed E-state index contributed by atoms with van der Waals surface area (Å²) in [5, 5.41) is 3.44. The fourth-order valence-corrected chi connectivity index (χ4v) is 3.08. The summed E-state index contributed by atoms with van der Waals surface area (Å²) in [5.74, 6) is 1.84. The molecular formula is C23H31NO3. The van der Waals surface area contributed by atoms with E-state index >= 15 is 0 Å². The Bertz CT molecular complexity index is 648. The van der Waals surface area contributed by atoms with Gasteiger partial charge in [0.15, 0.2) is 0 Å². The molecule has 27 heavy (non-hydrogen) atoms. The van der Waals surface area contributed by atoms with Crippen LogP contribution in [0.1, 0.15) is 44.6 Å². The van der Waals surface area contributed by atoms with Gasteiger partial charge in [0.1, 0.15) is 18.1 Å². The molecule has 0 amide bonds. The maximum Gasteiger partial charge on any atom is 0.119 e. The Morgan fingerprint density at radius 2 is 1.70 bits per heavy atom. The first-order valence-corrected chi connectivity index (χ1v) is 10.1. The Labute approximate surface area is 162 Å². The monoisotopic (exact) mass is 369 g/mol. The van der Waals surface area contributed by atoms with Crippen LogP contribution in [0.4, 0.5) is 5.69 Å². The smallest absolute Gasteiger partial charge is 0.119 e. The first kappa shape index (κ1) is 19.6. The summed E-state index contributed by atoms with van der Waals surface area (Å²) in [5.41, 5.74) is 2.31. The zero-order chi connectivity index (χ0) is 18.7. The minimum atomic E-state index is 0.251. The van der Waals surface area contributed by atoms with E-state index in [1.165, 1.54) is 18.4 Å². The lowest BCUT2D eigenvalue weighted by molar-refractivity contribution is 0.0679. The third kappa shape index (κ3) is 6.79. The molecule has 1 aliphatic rings. The minimum Gasteiger partial charge on any atom is -0.494 e. The van der Waals surface area contributed by atoms with Crippen molar-refractivity contribution in [2.45, 2.75) is 51.7 Å². The molecule has 0 aliphatic carbocycles. The molecule has 1 N–H and O–H groups in total. The molecule has 1 heterocycles. The number of anilines is 1. The van der Waals surface area contributed by atoms with E-state index in [-0.39, 0.29) is 6.10 Å². The zero-order valence-corrected chi connectivity index (χ0v) is 16.3. The quantitative estimate of drug-likeness (QED) is 0.537. The first-order valence-electron chi connectivity index (χ1n) is 10.1. The molecule has 1 saturated heterocycles. The largest absolute Gasteiger partial charge is 0.494 e. The van der Waals surface area contributed by atoms with E-state index in [0.717, 1.165) is 56.2 Å². The highest BCUT2D eigenvalue weighted by Crippen LogP contribution is 2.19. The molecule has 2 aromatic carbocycles. The van der Waals surface area contributed by atoms with E-state index in [9.17, 15) is 0 Å². The lowest BCUT2D eigenvalue weighted by Gasteiger charge is -2.12. The highest BCUT2D eigenvalue weighted by Gasteiger charge is 2.15. The molecule has 0 radical (unpaired) electrons. The third-order valence-electron chi connectivity index (χ3n) is 4.75. The van der Waals surface area contributed by atoms with Crippen molar-refractivity contribution in [2.24, 2.45) is 0 Å². The van der Waals surface area contributed by atoms with Crippen molar-refractivity contribution in [3.8, 4) is 11.5 Å². The molecule has 0 spiro atoms. The second kappa shape index (κ2) is 10.8. The highest BCUT2D eigenvalue weighted by atomic mass is 16.5. The van der Waals surface area contributed by atoms with E-state index in [0.29, 0.717) is 6.61 Å². The summed E-state index contributed by atoms with van der Waals surface area (Å²) < 4.78 is 17.1. The molecule has 4 nitrogen and oxygen atoms in total. The fraction of sp³-hybridized carbons (Fsp3) is 0.478. The van der Waals surface area contributed by atoms with Gasteiger partial charge in [-0.05, 0) is 61.2 Å². The number of unbranched alkanes of at least 4 members (excludes halogenated alkanes) is 2. The average Bonchev–Trinajstić information content (AvgIpc) is 3.23. The lowest BCUT2D eigenvalue weighted by atomic mass is 10.2. The van der Waals surface area contributed by atoms with Crippen LogP contribution >= 0.6 is 0 Å². The Kier molecular flexibility index (Phi) is 7.84. The van der Waals surface area contributed by atoms with Gasteiger partial charge < -0.3 is 19.5 Å². The van der Waals surface area contributed by atoms with Gasteiger partial charge in [-0.3, -0.25) is 0 Å². The van der Waals surface area contributed by atoms with Gasteiger partial charge in [0.2, 0.25) is 0 Å². The fourth-order valence-electron chi connectivity index (χ4n) is 3.08. The molecular weight excluding hydrogens is 338 g/mol. The SMILES string of the molecule is CCCCCOc1ccc(CNc2ccc(OCC3CCCO3)cc2)cc1. The van der Waals surface area contributed by atoms with Gasteiger partial charge in [-0.2, -0.15) is 0 Å². The van der Waals surface area contributed by atoms with Gasteiger partial charge in [-0.15, -0.1) is 0 Å². The van der Waals surface area contributed by atoms with E-state index in [1.54, 1.807) is 0 Å². The second-order valence-corrected chi connectivity index (χ2v) is 7.02. The van der Waals surface area contributed by atoms with Gasteiger partial charge in [0.05, 0.1) is 12.7 Å². The van der Waals surface area contributed by atoms with Crippen LogP contribution in [0, 0.1) is 0 Å². The Balaban J connectivity index is 1.38. The standard InChI is InChI=1S/C23H31NO3/c1-2-3-4-15-25-21-11-7-19(8-12-21)17-24-20-9-13-22(14-10-20)27-18-23-6-5-16-26-23/h7-14,23-24H,2-6,15-18H2,1H3. The molecule has 1 unspecified atom stereocenters. The molecule has 0 bridgehead atoms. The van der Waals surface area contributed by atoms with Crippen LogP contribution in [0.2, 0.25) is 0 Å². The third-order valence-corrected chi connectivity index (χ3v) is 4.75. The summed E-state index contributed by atoms with van der Waals surface area (Å²) in [6.45, 7) is 5.29. The summed E-state index contributed by atoms with van der Waals surface area (Å²) in [7, 11) is 0. The molecule has 2 aromatic rings. The van der Waals surface area contributed by atoms with Gasteiger partial charge in [-0.25, -0.2) is 0 Å². The average molecular weight is 370 g/mol. The maximum atomic E-state index is 5.80.